The number of hydrogen-bond donors (Lipinski definition) is 1. The maximum absolute atomic E-state index is 11.9. The Morgan fingerprint density at radius 1 is 1.25 bits per heavy atom. The molecule has 2 aliphatic rings. The van der Waals surface area contributed by atoms with Gasteiger partial charge in [-0.15, -0.1) is 0 Å². The summed E-state index contributed by atoms with van der Waals surface area (Å²) in [5, 5.41) is 2.96. The first-order chi connectivity index (χ1) is 9.46. The molecule has 0 radical (unpaired) electrons. The van der Waals surface area contributed by atoms with Crippen molar-refractivity contribution in [2.75, 3.05) is 38.5 Å². The fourth-order valence-electron chi connectivity index (χ4n) is 2.93. The average Bonchev–Trinajstić information content (AvgIpc) is 2.39. The molecule has 2 aliphatic heterocycles. The van der Waals surface area contributed by atoms with Crippen molar-refractivity contribution in [1.82, 2.24) is 15.1 Å². The highest BCUT2D eigenvalue weighted by atomic mass is 32.2. The standard InChI is InChI=1S/C15H29N3OS/c1-15(2,3)20-12-11-17-9-5-13(6-10-17)18-8-4-7-16-14(18)19/h13H,4-12H2,1-3H3,(H,16,19). The van der Waals surface area contributed by atoms with Gasteiger partial charge in [0.25, 0.3) is 0 Å². The van der Waals surface area contributed by atoms with Gasteiger partial charge in [0.2, 0.25) is 0 Å². The van der Waals surface area contributed by atoms with E-state index >= 15 is 0 Å². The molecule has 2 fully saturated rings. The summed E-state index contributed by atoms with van der Waals surface area (Å²) in [6.07, 6.45) is 3.36. The number of nitrogens with zero attached hydrogens (tertiary/aromatic N) is 2. The number of likely N-dealkylation sites (tertiary alicyclic amines) is 1. The highest BCUT2D eigenvalue weighted by Crippen LogP contribution is 2.24. The van der Waals surface area contributed by atoms with E-state index in [1.165, 1.54) is 12.3 Å². The molecule has 0 aromatic rings. The van der Waals surface area contributed by atoms with Crippen LogP contribution in [0.15, 0.2) is 0 Å². The van der Waals surface area contributed by atoms with Crippen molar-refractivity contribution in [3.8, 4) is 0 Å². The normalized spacial score (nSPS) is 22.9. The highest BCUT2D eigenvalue weighted by Gasteiger charge is 2.29. The van der Waals surface area contributed by atoms with Crippen LogP contribution in [0, 0.1) is 0 Å². The zero-order chi connectivity index (χ0) is 14.6. The summed E-state index contributed by atoms with van der Waals surface area (Å²) < 4.78 is 0.365. The van der Waals surface area contributed by atoms with Crippen LogP contribution in [0.5, 0.6) is 0 Å². The molecule has 4 nitrogen and oxygen atoms in total. The van der Waals surface area contributed by atoms with Gasteiger partial charge >= 0.3 is 6.03 Å². The van der Waals surface area contributed by atoms with Crippen molar-refractivity contribution in [3.05, 3.63) is 0 Å². The topological polar surface area (TPSA) is 35.6 Å². The molecule has 0 spiro atoms. The number of urea groups is 1. The van der Waals surface area contributed by atoms with Gasteiger partial charge in [0.1, 0.15) is 0 Å². The van der Waals surface area contributed by atoms with Crippen molar-refractivity contribution in [2.45, 2.75) is 50.8 Å². The van der Waals surface area contributed by atoms with Crippen LogP contribution in [0.3, 0.4) is 0 Å². The third-order valence-electron chi connectivity index (χ3n) is 4.05. The lowest BCUT2D eigenvalue weighted by molar-refractivity contribution is 0.114. The van der Waals surface area contributed by atoms with Crippen LogP contribution in [0.25, 0.3) is 0 Å². The number of carbonyl (C=O) groups is 1. The Hall–Kier alpha value is -0.420. The fourth-order valence-corrected chi connectivity index (χ4v) is 3.89. The van der Waals surface area contributed by atoms with E-state index < -0.39 is 0 Å². The van der Waals surface area contributed by atoms with Crippen molar-refractivity contribution in [3.63, 3.8) is 0 Å². The predicted octanol–water partition coefficient (Wildman–Crippen LogP) is 2.40. The zero-order valence-electron chi connectivity index (χ0n) is 13.2. The lowest BCUT2D eigenvalue weighted by Gasteiger charge is -2.40. The average molecular weight is 299 g/mol. The monoisotopic (exact) mass is 299 g/mol. The fraction of sp³-hybridized carbons (Fsp3) is 0.933. The zero-order valence-corrected chi connectivity index (χ0v) is 14.0. The minimum atomic E-state index is 0.151. The maximum Gasteiger partial charge on any atom is 0.317 e. The SMILES string of the molecule is CC(C)(C)SCCN1CCC(N2CCCNC2=O)CC1. The van der Waals surface area contributed by atoms with Gasteiger partial charge in [0, 0.05) is 49.3 Å². The number of amides is 2. The molecular weight excluding hydrogens is 270 g/mol. The molecule has 2 saturated heterocycles. The van der Waals surface area contributed by atoms with Crippen LogP contribution < -0.4 is 5.32 Å². The number of carbonyl (C=O) groups excluding carboxylic acids is 1. The molecular formula is C15H29N3OS. The molecule has 20 heavy (non-hydrogen) atoms. The predicted molar refractivity (Wildman–Crippen MR) is 86.4 cm³/mol. The van der Waals surface area contributed by atoms with E-state index in [-0.39, 0.29) is 6.03 Å². The van der Waals surface area contributed by atoms with Crippen LogP contribution >= 0.6 is 11.8 Å². The quantitative estimate of drug-likeness (QED) is 0.866. The molecule has 0 aromatic heterocycles. The summed E-state index contributed by atoms with van der Waals surface area (Å²) in [5.74, 6) is 1.21. The Labute approximate surface area is 127 Å². The van der Waals surface area contributed by atoms with Crippen molar-refractivity contribution < 1.29 is 4.79 Å². The molecule has 2 amide bonds. The van der Waals surface area contributed by atoms with Gasteiger partial charge in [-0.3, -0.25) is 0 Å². The van der Waals surface area contributed by atoms with Crippen LogP contribution in [0.4, 0.5) is 4.79 Å². The first-order valence-electron chi connectivity index (χ1n) is 7.86. The van der Waals surface area contributed by atoms with Crippen LogP contribution in [-0.4, -0.2) is 65.1 Å². The molecule has 2 heterocycles. The summed E-state index contributed by atoms with van der Waals surface area (Å²) in [6.45, 7) is 12.1. The van der Waals surface area contributed by atoms with Crippen LogP contribution in [0.1, 0.15) is 40.0 Å². The Bertz CT molecular complexity index is 322. The second-order valence-corrected chi connectivity index (χ2v) is 8.73. The molecule has 116 valence electrons. The van der Waals surface area contributed by atoms with Gasteiger partial charge in [-0.25, -0.2) is 4.79 Å². The molecule has 0 aliphatic carbocycles. The van der Waals surface area contributed by atoms with E-state index in [9.17, 15) is 4.79 Å². The van der Waals surface area contributed by atoms with Crippen LogP contribution in [0.2, 0.25) is 0 Å². The first-order valence-corrected chi connectivity index (χ1v) is 8.85. The maximum atomic E-state index is 11.9. The molecule has 0 aromatic carbocycles. The van der Waals surface area contributed by atoms with Crippen molar-refractivity contribution >= 4 is 17.8 Å². The summed E-state index contributed by atoms with van der Waals surface area (Å²) in [7, 11) is 0. The number of rotatable bonds is 4. The minimum absolute atomic E-state index is 0.151. The van der Waals surface area contributed by atoms with E-state index in [1.807, 2.05) is 11.8 Å². The van der Waals surface area contributed by atoms with Crippen LogP contribution in [-0.2, 0) is 0 Å². The Kier molecular flexibility index (Phi) is 5.61. The Morgan fingerprint density at radius 2 is 1.95 bits per heavy atom. The number of piperidine rings is 1. The van der Waals surface area contributed by atoms with Gasteiger partial charge < -0.3 is 15.1 Å². The summed E-state index contributed by atoms with van der Waals surface area (Å²) in [4.78, 5) is 16.5. The molecule has 0 bridgehead atoms. The van der Waals surface area contributed by atoms with E-state index in [0.29, 0.717) is 10.8 Å². The second kappa shape index (κ2) is 7.03. The van der Waals surface area contributed by atoms with E-state index in [1.54, 1.807) is 0 Å². The number of hydrogen-bond acceptors (Lipinski definition) is 3. The summed E-state index contributed by atoms with van der Waals surface area (Å²) >= 11 is 2.04. The smallest absolute Gasteiger partial charge is 0.317 e. The third-order valence-corrected chi connectivity index (χ3v) is 5.31. The molecule has 2 rings (SSSR count). The molecule has 0 atom stereocenters. The van der Waals surface area contributed by atoms with Gasteiger partial charge in [0.15, 0.2) is 0 Å². The summed E-state index contributed by atoms with van der Waals surface area (Å²) in [5.41, 5.74) is 0. The number of thioether (sulfide) groups is 1. The first kappa shape index (κ1) is 16.0. The molecule has 0 unspecified atom stereocenters. The lowest BCUT2D eigenvalue weighted by Crippen LogP contribution is -2.54. The van der Waals surface area contributed by atoms with E-state index in [4.69, 9.17) is 0 Å². The van der Waals surface area contributed by atoms with Crippen molar-refractivity contribution in [1.29, 1.82) is 0 Å². The van der Waals surface area contributed by atoms with E-state index in [2.05, 4.69) is 35.9 Å². The Morgan fingerprint density at radius 3 is 2.55 bits per heavy atom. The molecule has 5 heteroatoms. The van der Waals surface area contributed by atoms with Gasteiger partial charge in [-0.2, -0.15) is 11.8 Å². The Balaban J connectivity index is 1.68. The van der Waals surface area contributed by atoms with Gasteiger partial charge in [-0.05, 0) is 19.3 Å². The summed E-state index contributed by atoms with van der Waals surface area (Å²) in [6, 6.07) is 0.611. The van der Waals surface area contributed by atoms with Crippen molar-refractivity contribution in [2.24, 2.45) is 0 Å². The highest BCUT2D eigenvalue weighted by molar-refractivity contribution is 8.00. The molecule has 0 saturated carbocycles. The van der Waals surface area contributed by atoms with Gasteiger partial charge in [-0.1, -0.05) is 20.8 Å². The number of nitrogens with one attached hydrogen (secondary N) is 1. The third kappa shape index (κ3) is 4.85. The lowest BCUT2D eigenvalue weighted by atomic mass is 10.0. The van der Waals surface area contributed by atoms with E-state index in [0.717, 1.165) is 45.4 Å². The minimum Gasteiger partial charge on any atom is -0.338 e. The van der Waals surface area contributed by atoms with Gasteiger partial charge in [0.05, 0.1) is 0 Å². The largest absolute Gasteiger partial charge is 0.338 e. The molecule has 1 N–H and O–H groups in total. The second-order valence-electron chi connectivity index (χ2n) is 6.81.